The molecule has 2 aromatic rings. The van der Waals surface area contributed by atoms with Crippen LogP contribution in [0.5, 0.6) is 0 Å². The zero-order valence-electron chi connectivity index (χ0n) is 15.6. The van der Waals surface area contributed by atoms with E-state index >= 15 is 0 Å². The average Bonchev–Trinajstić information content (AvgIpc) is 2.74. The number of aliphatic hydroxyl groups excluding tert-OH is 1. The summed E-state index contributed by atoms with van der Waals surface area (Å²) in [6, 6.07) is 19.9. The lowest BCUT2D eigenvalue weighted by molar-refractivity contribution is 0.426. The molecule has 2 nitrogen and oxygen atoms in total. The van der Waals surface area contributed by atoms with Crippen molar-refractivity contribution in [3.63, 3.8) is 0 Å². The third kappa shape index (κ3) is 4.42. The van der Waals surface area contributed by atoms with Crippen LogP contribution in [0.15, 0.2) is 119 Å². The van der Waals surface area contributed by atoms with Gasteiger partial charge in [-0.05, 0) is 35.3 Å². The van der Waals surface area contributed by atoms with Crippen LogP contribution < -0.4 is 0 Å². The molecule has 0 unspecified atom stereocenters. The van der Waals surface area contributed by atoms with Crippen molar-refractivity contribution in [1.82, 2.24) is 0 Å². The van der Waals surface area contributed by atoms with E-state index in [9.17, 15) is 5.11 Å². The molecule has 0 amide bonds. The average molecular weight is 353 g/mol. The number of benzene rings is 2. The maximum Gasteiger partial charge on any atom is 0.126 e. The molecule has 0 bridgehead atoms. The molecule has 1 aliphatic carbocycles. The highest BCUT2D eigenvalue weighted by Crippen LogP contribution is 2.29. The lowest BCUT2D eigenvalue weighted by Gasteiger charge is -2.12. The third-order valence-electron chi connectivity index (χ3n) is 4.43. The summed E-state index contributed by atoms with van der Waals surface area (Å²) in [5.74, 6) is 0.273. The number of hydrogen-bond donors (Lipinski definition) is 1. The Morgan fingerprint density at radius 1 is 0.852 bits per heavy atom. The lowest BCUT2D eigenvalue weighted by atomic mass is 9.94. The summed E-state index contributed by atoms with van der Waals surface area (Å²) in [5, 5.41) is 11.1. The zero-order valence-corrected chi connectivity index (χ0v) is 15.6. The molecule has 0 saturated heterocycles. The Morgan fingerprint density at radius 2 is 1.41 bits per heavy atom. The summed E-state index contributed by atoms with van der Waals surface area (Å²) >= 11 is 0. The quantitative estimate of drug-likeness (QED) is 0.525. The highest BCUT2D eigenvalue weighted by molar-refractivity contribution is 6.11. The minimum absolute atomic E-state index is 0.273. The molecule has 0 fully saturated rings. The van der Waals surface area contributed by atoms with Gasteiger partial charge in [0.1, 0.15) is 5.76 Å². The Hall–Kier alpha value is -3.39. The van der Waals surface area contributed by atoms with Gasteiger partial charge >= 0.3 is 0 Å². The Kier molecular flexibility index (Phi) is 6.01. The smallest absolute Gasteiger partial charge is 0.126 e. The molecule has 0 heterocycles. The molecule has 0 radical (unpaired) electrons. The summed E-state index contributed by atoms with van der Waals surface area (Å²) in [5.41, 5.74) is 5.54. The van der Waals surface area contributed by atoms with E-state index < -0.39 is 0 Å². The topological polar surface area (TPSA) is 32.6 Å². The molecule has 0 aliphatic heterocycles. The fourth-order valence-electron chi connectivity index (χ4n) is 2.97. The minimum atomic E-state index is 0.273. The van der Waals surface area contributed by atoms with E-state index in [0.717, 1.165) is 33.6 Å². The molecule has 1 N–H and O–H groups in total. The van der Waals surface area contributed by atoms with Gasteiger partial charge in [-0.3, -0.25) is 4.99 Å². The van der Waals surface area contributed by atoms with Gasteiger partial charge in [0.2, 0.25) is 0 Å². The summed E-state index contributed by atoms with van der Waals surface area (Å²) < 4.78 is 0. The van der Waals surface area contributed by atoms with E-state index in [-0.39, 0.29) is 5.76 Å². The van der Waals surface area contributed by atoms with Crippen molar-refractivity contribution in [2.24, 2.45) is 4.99 Å². The monoisotopic (exact) mass is 353 g/mol. The predicted octanol–water partition coefficient (Wildman–Crippen LogP) is 6.07. The molecule has 27 heavy (non-hydrogen) atoms. The molecule has 0 spiro atoms. The van der Waals surface area contributed by atoms with Crippen LogP contribution in [0.4, 0.5) is 0 Å². The number of aliphatic imine (C=N–C) groups is 1. The molecule has 1 aliphatic rings. The van der Waals surface area contributed by atoms with Gasteiger partial charge in [0.15, 0.2) is 0 Å². The molecule has 2 heteroatoms. The van der Waals surface area contributed by atoms with Gasteiger partial charge < -0.3 is 5.11 Å². The summed E-state index contributed by atoms with van der Waals surface area (Å²) in [6.07, 6.45) is 11.9. The van der Waals surface area contributed by atoms with Gasteiger partial charge in [-0.25, -0.2) is 0 Å². The second-order valence-electron chi connectivity index (χ2n) is 6.25. The molecule has 0 aromatic heterocycles. The Bertz CT molecular complexity index is 930. The number of allylic oxidation sites excluding steroid dienone is 8. The van der Waals surface area contributed by atoms with Crippen LogP contribution in [0.1, 0.15) is 18.1 Å². The van der Waals surface area contributed by atoms with Crippen molar-refractivity contribution in [1.29, 1.82) is 0 Å². The standard InChI is InChI=1S/C25H23NO/c1-19(17-18-20-11-9-10-16-23(20)26-2)25(27)24(21-12-5-3-6-13-21)22-14-7-4-8-15-22/h3-18,27H,1-2H3/b19-17+,20-18-,26-23+. The van der Waals surface area contributed by atoms with Crippen LogP contribution in [0.2, 0.25) is 0 Å². The SMILES string of the molecule is C\N=C1/C=CC=C/C1=C/C=C(\C)C(O)=C(c1ccccc1)c1ccccc1. The second kappa shape index (κ2) is 8.81. The Morgan fingerprint density at radius 3 is 1.96 bits per heavy atom. The molecule has 2 aromatic carbocycles. The number of rotatable bonds is 4. The number of nitrogens with zero attached hydrogens (tertiary/aromatic N) is 1. The van der Waals surface area contributed by atoms with Crippen LogP contribution in [0, 0.1) is 0 Å². The van der Waals surface area contributed by atoms with Crippen molar-refractivity contribution in [2.45, 2.75) is 6.92 Å². The van der Waals surface area contributed by atoms with E-state index in [0.29, 0.717) is 0 Å². The largest absolute Gasteiger partial charge is 0.507 e. The van der Waals surface area contributed by atoms with Gasteiger partial charge in [-0.2, -0.15) is 0 Å². The van der Waals surface area contributed by atoms with Gasteiger partial charge in [-0.1, -0.05) is 91.0 Å². The first-order valence-electron chi connectivity index (χ1n) is 8.95. The maximum atomic E-state index is 11.1. The van der Waals surface area contributed by atoms with Crippen molar-refractivity contribution in [3.05, 3.63) is 125 Å². The minimum Gasteiger partial charge on any atom is -0.507 e. The van der Waals surface area contributed by atoms with Crippen molar-refractivity contribution in [3.8, 4) is 0 Å². The molecular formula is C25H23NO. The van der Waals surface area contributed by atoms with E-state index in [1.54, 1.807) is 7.05 Å². The fourth-order valence-corrected chi connectivity index (χ4v) is 2.97. The molecule has 134 valence electrons. The molecule has 0 saturated carbocycles. The van der Waals surface area contributed by atoms with Crippen LogP contribution in [0.3, 0.4) is 0 Å². The van der Waals surface area contributed by atoms with E-state index in [1.807, 2.05) is 104 Å². The summed E-state index contributed by atoms with van der Waals surface area (Å²) in [4.78, 5) is 4.29. The second-order valence-corrected chi connectivity index (χ2v) is 6.25. The van der Waals surface area contributed by atoms with Gasteiger partial charge in [0, 0.05) is 12.6 Å². The van der Waals surface area contributed by atoms with Crippen molar-refractivity contribution in [2.75, 3.05) is 7.05 Å². The normalized spacial score (nSPS) is 16.7. The molecule has 3 rings (SSSR count). The first kappa shape index (κ1) is 18.4. The van der Waals surface area contributed by atoms with Crippen LogP contribution in [-0.2, 0) is 0 Å². The van der Waals surface area contributed by atoms with Gasteiger partial charge in [0.05, 0.1) is 5.71 Å². The first-order chi connectivity index (χ1) is 13.2. The molecular weight excluding hydrogens is 330 g/mol. The highest BCUT2D eigenvalue weighted by Gasteiger charge is 2.12. The fraction of sp³-hybridized carbons (Fsp3) is 0.0800. The van der Waals surface area contributed by atoms with E-state index in [1.165, 1.54) is 0 Å². The van der Waals surface area contributed by atoms with Gasteiger partial charge in [-0.15, -0.1) is 0 Å². The lowest BCUT2D eigenvalue weighted by Crippen LogP contribution is -1.99. The molecule has 0 atom stereocenters. The predicted molar refractivity (Wildman–Crippen MR) is 115 cm³/mol. The number of aliphatic hydroxyl groups is 1. The van der Waals surface area contributed by atoms with Crippen molar-refractivity contribution < 1.29 is 5.11 Å². The zero-order chi connectivity index (χ0) is 19.1. The number of hydrogen-bond acceptors (Lipinski definition) is 2. The Balaban J connectivity index is 2.06. The maximum absolute atomic E-state index is 11.1. The van der Waals surface area contributed by atoms with Crippen molar-refractivity contribution >= 4 is 11.3 Å². The van der Waals surface area contributed by atoms with E-state index in [4.69, 9.17) is 0 Å². The first-order valence-corrected chi connectivity index (χ1v) is 8.95. The Labute approximate surface area is 160 Å². The highest BCUT2D eigenvalue weighted by atomic mass is 16.3. The van der Waals surface area contributed by atoms with Crippen LogP contribution >= 0.6 is 0 Å². The van der Waals surface area contributed by atoms with E-state index in [2.05, 4.69) is 4.99 Å². The van der Waals surface area contributed by atoms with Crippen LogP contribution in [0.25, 0.3) is 5.57 Å². The summed E-state index contributed by atoms with van der Waals surface area (Å²) in [7, 11) is 1.78. The van der Waals surface area contributed by atoms with Crippen LogP contribution in [-0.4, -0.2) is 17.9 Å². The third-order valence-corrected chi connectivity index (χ3v) is 4.43. The summed E-state index contributed by atoms with van der Waals surface area (Å²) in [6.45, 7) is 1.92. The van der Waals surface area contributed by atoms with Gasteiger partial charge in [0.25, 0.3) is 0 Å².